The summed E-state index contributed by atoms with van der Waals surface area (Å²) >= 11 is 0. The Balaban J connectivity index is 3.36. The summed E-state index contributed by atoms with van der Waals surface area (Å²) < 4.78 is 63.2. The molecule has 0 saturated heterocycles. The van der Waals surface area contributed by atoms with E-state index in [2.05, 4.69) is 14.2 Å². The van der Waals surface area contributed by atoms with Crippen molar-refractivity contribution < 1.29 is 25.8 Å². The van der Waals surface area contributed by atoms with Crippen LogP contribution < -0.4 is 4.18 Å². The fraction of sp³-hybridized carbons (Fsp3) is 0.692. The SMILES string of the molecule is CCC(C)(C)c1nc(OS(=O)(=O)C(F)(F)F)ncc1C(C)C. The van der Waals surface area contributed by atoms with Gasteiger partial charge in [0.2, 0.25) is 0 Å². The van der Waals surface area contributed by atoms with Gasteiger partial charge in [0.15, 0.2) is 0 Å². The molecule has 0 atom stereocenters. The molecule has 126 valence electrons. The topological polar surface area (TPSA) is 69.2 Å². The first-order valence-corrected chi connectivity index (χ1v) is 8.11. The quantitative estimate of drug-likeness (QED) is 0.606. The largest absolute Gasteiger partial charge is 0.534 e. The molecule has 22 heavy (non-hydrogen) atoms. The van der Waals surface area contributed by atoms with Crippen LogP contribution in [0.25, 0.3) is 0 Å². The van der Waals surface area contributed by atoms with Crippen LogP contribution >= 0.6 is 0 Å². The van der Waals surface area contributed by atoms with Crippen molar-refractivity contribution in [3.05, 3.63) is 17.5 Å². The summed E-state index contributed by atoms with van der Waals surface area (Å²) in [7, 11) is -5.78. The summed E-state index contributed by atoms with van der Waals surface area (Å²) in [6.07, 6.45) is 1.97. The van der Waals surface area contributed by atoms with Gasteiger partial charge in [-0.2, -0.15) is 26.6 Å². The monoisotopic (exact) mass is 340 g/mol. The van der Waals surface area contributed by atoms with Crippen LogP contribution in [-0.2, 0) is 15.5 Å². The highest BCUT2D eigenvalue weighted by Crippen LogP contribution is 2.33. The van der Waals surface area contributed by atoms with E-state index in [1.807, 2.05) is 34.6 Å². The van der Waals surface area contributed by atoms with Crippen molar-refractivity contribution in [2.45, 2.75) is 57.9 Å². The second-order valence-corrected chi connectivity index (χ2v) is 7.37. The van der Waals surface area contributed by atoms with Gasteiger partial charge in [0.1, 0.15) is 0 Å². The van der Waals surface area contributed by atoms with Gasteiger partial charge < -0.3 is 4.18 Å². The maximum absolute atomic E-state index is 12.4. The molecule has 1 heterocycles. The van der Waals surface area contributed by atoms with E-state index in [0.29, 0.717) is 12.1 Å². The Bertz CT molecular complexity index is 640. The number of nitrogens with zero attached hydrogens (tertiary/aromatic N) is 2. The second-order valence-electron chi connectivity index (χ2n) is 5.83. The van der Waals surface area contributed by atoms with E-state index in [9.17, 15) is 21.6 Å². The van der Waals surface area contributed by atoms with E-state index in [1.165, 1.54) is 6.20 Å². The van der Waals surface area contributed by atoms with E-state index in [0.717, 1.165) is 5.56 Å². The highest BCUT2D eigenvalue weighted by Gasteiger charge is 2.49. The molecule has 1 aromatic heterocycles. The number of hydrogen-bond acceptors (Lipinski definition) is 5. The molecule has 0 aliphatic carbocycles. The molecule has 0 aliphatic heterocycles. The summed E-state index contributed by atoms with van der Waals surface area (Å²) in [5, 5.41) is 0. The first-order valence-electron chi connectivity index (χ1n) is 6.70. The summed E-state index contributed by atoms with van der Waals surface area (Å²) in [6.45, 7) is 9.41. The van der Waals surface area contributed by atoms with Crippen LogP contribution in [0.2, 0.25) is 0 Å². The molecule has 0 amide bonds. The Kier molecular flexibility index (Phi) is 5.11. The van der Waals surface area contributed by atoms with E-state index in [-0.39, 0.29) is 5.92 Å². The predicted octanol–water partition coefficient (Wildman–Crippen LogP) is 3.52. The maximum atomic E-state index is 12.4. The highest BCUT2D eigenvalue weighted by molar-refractivity contribution is 7.87. The second kappa shape index (κ2) is 6.02. The van der Waals surface area contributed by atoms with Crippen molar-refractivity contribution in [2.75, 3.05) is 0 Å². The first kappa shape index (κ1) is 18.7. The number of aromatic nitrogens is 2. The van der Waals surface area contributed by atoms with E-state index in [4.69, 9.17) is 0 Å². The molecule has 1 aromatic rings. The Labute approximate surface area is 128 Å². The van der Waals surface area contributed by atoms with Gasteiger partial charge in [-0.05, 0) is 17.9 Å². The first-order chi connectivity index (χ1) is 9.82. The van der Waals surface area contributed by atoms with Crippen LogP contribution in [0.3, 0.4) is 0 Å². The molecule has 5 nitrogen and oxygen atoms in total. The van der Waals surface area contributed by atoms with Gasteiger partial charge >= 0.3 is 21.6 Å². The Morgan fingerprint density at radius 1 is 1.27 bits per heavy atom. The zero-order valence-electron chi connectivity index (χ0n) is 13.0. The summed E-state index contributed by atoms with van der Waals surface area (Å²) in [6, 6.07) is -0.821. The zero-order valence-corrected chi connectivity index (χ0v) is 13.8. The number of hydrogen-bond donors (Lipinski definition) is 0. The molecule has 0 fully saturated rings. The molecule has 0 spiro atoms. The molecule has 0 unspecified atom stereocenters. The number of alkyl halides is 3. The zero-order chi connectivity index (χ0) is 17.3. The molecule has 0 saturated carbocycles. The lowest BCUT2D eigenvalue weighted by atomic mass is 9.82. The third-order valence-electron chi connectivity index (χ3n) is 3.41. The normalized spacial score (nSPS) is 13.5. The summed E-state index contributed by atoms with van der Waals surface area (Å²) in [5.41, 5.74) is -4.76. The van der Waals surface area contributed by atoms with E-state index in [1.54, 1.807) is 0 Å². The predicted molar refractivity (Wildman–Crippen MR) is 75.0 cm³/mol. The molecule has 1 rings (SSSR count). The Morgan fingerprint density at radius 3 is 2.23 bits per heavy atom. The average molecular weight is 340 g/mol. The van der Waals surface area contributed by atoms with Crippen LogP contribution in [0.1, 0.15) is 58.2 Å². The number of halogens is 3. The van der Waals surface area contributed by atoms with Crippen LogP contribution in [0.15, 0.2) is 6.20 Å². The van der Waals surface area contributed by atoms with Crippen molar-refractivity contribution in [1.29, 1.82) is 0 Å². The Hall–Kier alpha value is -1.38. The molecule has 0 aromatic carbocycles. The average Bonchev–Trinajstić information content (AvgIpc) is 2.36. The third-order valence-corrected chi connectivity index (χ3v) is 4.35. The minimum absolute atomic E-state index is 0.0362. The lowest BCUT2D eigenvalue weighted by Gasteiger charge is -2.26. The van der Waals surface area contributed by atoms with Gasteiger partial charge in [-0.1, -0.05) is 34.6 Å². The standard InChI is InChI=1S/C13H19F3N2O3S/c1-6-12(4,5)10-9(8(2)3)7-17-11(18-10)21-22(19,20)13(14,15)16/h7-8H,6H2,1-5H3. The highest BCUT2D eigenvalue weighted by atomic mass is 32.2. The van der Waals surface area contributed by atoms with Gasteiger partial charge in [-0.3, -0.25) is 0 Å². The van der Waals surface area contributed by atoms with Crippen molar-refractivity contribution in [1.82, 2.24) is 9.97 Å². The molecule has 0 aliphatic rings. The summed E-state index contributed by atoms with van der Waals surface area (Å²) in [4.78, 5) is 7.52. The van der Waals surface area contributed by atoms with Gasteiger partial charge in [0.05, 0.1) is 5.69 Å². The Morgan fingerprint density at radius 2 is 1.82 bits per heavy atom. The van der Waals surface area contributed by atoms with Gasteiger partial charge in [0.25, 0.3) is 0 Å². The third kappa shape index (κ3) is 3.88. The smallest absolute Gasteiger partial charge is 0.337 e. The van der Waals surface area contributed by atoms with E-state index >= 15 is 0 Å². The van der Waals surface area contributed by atoms with Crippen LogP contribution in [0.4, 0.5) is 13.2 Å². The van der Waals surface area contributed by atoms with Crippen molar-refractivity contribution >= 4 is 10.1 Å². The minimum atomic E-state index is -5.78. The fourth-order valence-corrected chi connectivity index (χ4v) is 2.06. The lowest BCUT2D eigenvalue weighted by Crippen LogP contribution is -2.29. The van der Waals surface area contributed by atoms with Gasteiger partial charge in [-0.15, -0.1) is 0 Å². The molecule has 0 radical (unpaired) electrons. The van der Waals surface area contributed by atoms with Gasteiger partial charge in [-0.25, -0.2) is 4.98 Å². The molecule has 9 heteroatoms. The molecule has 0 N–H and O–H groups in total. The fourth-order valence-electron chi connectivity index (χ4n) is 1.69. The van der Waals surface area contributed by atoms with Gasteiger partial charge in [0, 0.05) is 11.6 Å². The molecule has 0 bridgehead atoms. The molecular formula is C13H19F3N2O3S. The summed E-state index contributed by atoms with van der Waals surface area (Å²) in [5.74, 6) is 0.0362. The van der Waals surface area contributed by atoms with Crippen LogP contribution in [-0.4, -0.2) is 23.9 Å². The van der Waals surface area contributed by atoms with E-state index < -0.39 is 27.1 Å². The maximum Gasteiger partial charge on any atom is 0.534 e. The van der Waals surface area contributed by atoms with Crippen LogP contribution in [0, 0.1) is 0 Å². The van der Waals surface area contributed by atoms with Crippen LogP contribution in [0.5, 0.6) is 6.01 Å². The van der Waals surface area contributed by atoms with Crippen molar-refractivity contribution in [3.63, 3.8) is 0 Å². The minimum Gasteiger partial charge on any atom is -0.337 e. The number of rotatable bonds is 5. The van der Waals surface area contributed by atoms with Crippen molar-refractivity contribution in [2.24, 2.45) is 0 Å². The van der Waals surface area contributed by atoms with Crippen molar-refractivity contribution in [3.8, 4) is 6.01 Å². The lowest BCUT2D eigenvalue weighted by molar-refractivity contribution is -0.0503. The molecular weight excluding hydrogens is 321 g/mol.